The molecule has 0 aliphatic heterocycles. The van der Waals surface area contributed by atoms with Crippen molar-refractivity contribution < 1.29 is 66.1 Å². The molecule has 0 amide bonds. The van der Waals surface area contributed by atoms with Gasteiger partial charge in [-0.15, -0.1) is 0 Å². The first-order valence-corrected chi connectivity index (χ1v) is 1.41. The summed E-state index contributed by atoms with van der Waals surface area (Å²) >= 11 is 0. The molecule has 0 aromatic rings. The average molecular weight is 303 g/mol. The van der Waals surface area contributed by atoms with Gasteiger partial charge in [-0.3, -0.25) is 0 Å². The molecule has 10 heteroatoms. The zero-order valence-corrected chi connectivity index (χ0v) is 6.10. The predicted molar refractivity (Wildman–Crippen MR) is 19.3 cm³/mol. The maximum absolute atomic E-state index is 8.25. The fourth-order valence-corrected chi connectivity index (χ4v) is 0. The molecule has 0 spiro atoms. The van der Waals surface area contributed by atoms with Gasteiger partial charge in [-0.2, -0.15) is 0 Å². The molecule has 0 radical (unpaired) electrons. The molecule has 0 atom stereocenters. The van der Waals surface area contributed by atoms with Crippen LogP contribution in [-0.4, -0.2) is 22.1 Å². The molecule has 0 saturated heterocycles. The summed E-state index contributed by atoms with van der Waals surface area (Å²) in [5.74, 6) is 0. The third-order valence-corrected chi connectivity index (χ3v) is 0. The third-order valence-electron chi connectivity index (χ3n) is 0. The Hall–Kier alpha value is 0.229. The van der Waals surface area contributed by atoms with Gasteiger partial charge >= 0.3 is 88.1 Å². The summed E-state index contributed by atoms with van der Waals surface area (Å²) in [5, 5.41) is 24.8. The van der Waals surface area contributed by atoms with Gasteiger partial charge in [-0.05, 0) is 0 Å². The molecule has 10 heavy (non-hydrogen) atoms. The van der Waals surface area contributed by atoms with E-state index in [4.69, 9.17) is 29.2 Å². The van der Waals surface area contributed by atoms with Crippen LogP contribution in [0.2, 0.25) is 0 Å². The van der Waals surface area contributed by atoms with Crippen molar-refractivity contribution in [3.63, 3.8) is 0 Å². The van der Waals surface area contributed by atoms with E-state index >= 15 is 0 Å². The topological polar surface area (TPSA) is 120 Å². The van der Waals surface area contributed by atoms with Gasteiger partial charge in [-0.1, -0.05) is 0 Å². The minimum Gasteiger partial charge on any atom is 3.00 e. The molecule has 6 nitrogen and oxygen atoms in total. The molecule has 0 heterocycles. The Kier molecular flexibility index (Phi) is 135. The zero-order valence-electron chi connectivity index (χ0n) is 4.44. The Morgan fingerprint density at radius 2 is 0.700 bits per heavy atom. The molecule has 0 rings (SSSR count). The summed E-state index contributed by atoms with van der Waals surface area (Å²) in [6.45, 7) is 0. The number of hydrogen-bond donors (Lipinski definition) is 0. The molecule has 0 aromatic carbocycles. The van der Waals surface area contributed by atoms with Crippen LogP contribution in [0, 0.1) is 36.9 Å². The van der Waals surface area contributed by atoms with E-state index in [0.29, 0.717) is 0 Å². The minimum absolute atomic E-state index is 0. The smallest absolute Gasteiger partial charge is 3.00 e. The maximum atomic E-state index is 8.25. The Balaban J connectivity index is -0.0000000257. The van der Waals surface area contributed by atoms with Crippen molar-refractivity contribution in [3.05, 3.63) is 0 Å². The van der Waals surface area contributed by atoms with Crippen molar-refractivity contribution >= 4 is 22.1 Å². The van der Waals surface area contributed by atoms with Crippen LogP contribution in [-0.2, 0) is 14.1 Å². The van der Waals surface area contributed by atoms with E-state index in [1.165, 1.54) is 0 Å². The van der Waals surface area contributed by atoms with E-state index < -0.39 is 22.1 Å². The van der Waals surface area contributed by atoms with Crippen LogP contribution in [0.1, 0.15) is 0 Å². The summed E-state index contributed by atoms with van der Waals surface area (Å²) in [6, 6.07) is 0. The minimum atomic E-state index is -0.500. The van der Waals surface area contributed by atoms with Crippen LogP contribution in [0.25, 0.3) is 0 Å². The van der Waals surface area contributed by atoms with E-state index in [9.17, 15) is 0 Å². The van der Waals surface area contributed by atoms with E-state index in [2.05, 4.69) is 0 Å². The van der Waals surface area contributed by atoms with Gasteiger partial charge in [-0.25, -0.2) is 0 Å². The molecule has 0 aliphatic rings. The second-order valence-corrected chi connectivity index (χ2v) is 0.289. The van der Waals surface area contributed by atoms with Crippen molar-refractivity contribution in [3.8, 4) is 0 Å². The molecule has 0 saturated carbocycles. The Morgan fingerprint density at radius 3 is 0.700 bits per heavy atom. The average Bonchev–Trinajstić information content (AvgIpc) is 1.70. The van der Waals surface area contributed by atoms with Crippen LogP contribution in [0.5, 0.6) is 0 Å². The Bertz CT molecular complexity index is 49.7. The van der Waals surface area contributed by atoms with Crippen molar-refractivity contribution in [2.75, 3.05) is 0 Å². The Labute approximate surface area is 87.7 Å². The van der Waals surface area contributed by atoms with Crippen molar-refractivity contribution in [1.29, 1.82) is 0 Å². The Morgan fingerprint density at radius 1 is 0.700 bits per heavy atom. The van der Waals surface area contributed by atoms with Crippen LogP contribution >= 0.6 is 0 Å². The van der Waals surface area contributed by atoms with Crippen LogP contribution in [0.4, 0.5) is 0 Å². The summed E-state index contributed by atoms with van der Waals surface area (Å²) < 4.78 is 24.8. The maximum Gasteiger partial charge on any atom is 3.00 e. The number of hydrogen-bond acceptors (Lipinski definition) is 6. The standard InChI is InChI=1S/3BO2.Lu/c3*2-1-3;/q3*-1;+3. The van der Waals surface area contributed by atoms with Gasteiger partial charge in [0.15, 0.2) is 0 Å². The molecular formula is B3LuO6. The molecular weight excluding hydrogens is 303 g/mol. The normalized spacial score (nSPS) is 2.40. The van der Waals surface area contributed by atoms with Gasteiger partial charge in [0.2, 0.25) is 0 Å². The van der Waals surface area contributed by atoms with Gasteiger partial charge in [0.25, 0.3) is 0 Å². The van der Waals surface area contributed by atoms with Gasteiger partial charge in [0, 0.05) is 0 Å². The van der Waals surface area contributed by atoms with Gasteiger partial charge in [0.1, 0.15) is 0 Å². The summed E-state index contributed by atoms with van der Waals surface area (Å²) in [5.41, 5.74) is 0. The first-order valence-electron chi connectivity index (χ1n) is 1.41. The molecule has 0 unspecified atom stereocenters. The van der Waals surface area contributed by atoms with Crippen LogP contribution in [0.15, 0.2) is 0 Å². The molecule has 0 fully saturated rings. The van der Waals surface area contributed by atoms with Crippen molar-refractivity contribution in [2.24, 2.45) is 0 Å². The second-order valence-electron chi connectivity index (χ2n) is 0.289. The monoisotopic (exact) mass is 304 g/mol. The van der Waals surface area contributed by atoms with E-state index in [-0.39, 0.29) is 36.9 Å². The fraction of sp³-hybridized carbons (Fsp3) is 0. The van der Waals surface area contributed by atoms with Crippen molar-refractivity contribution in [2.45, 2.75) is 0 Å². The molecule has 0 bridgehead atoms. The first kappa shape index (κ1) is 22.5. The SMILES string of the molecule is O=B[O-].O=B[O-].O=B[O-].[Lu+3]. The summed E-state index contributed by atoms with van der Waals surface area (Å²) in [4.78, 5) is 0. The second kappa shape index (κ2) is 59.9. The largest absolute Gasteiger partial charge is 3.00 e. The molecule has 60 valence electrons. The predicted octanol–water partition coefficient (Wildman–Crippen LogP) is -5.07. The first-order chi connectivity index (χ1) is 4.24. The molecule has 0 aliphatic carbocycles. The molecule has 0 N–H and O–H groups in total. The fourth-order valence-electron chi connectivity index (χ4n) is 0. The van der Waals surface area contributed by atoms with Gasteiger partial charge < -0.3 is 0 Å². The zero-order chi connectivity index (χ0) is 8.12. The van der Waals surface area contributed by atoms with Crippen LogP contribution in [0.3, 0.4) is 0 Å². The van der Waals surface area contributed by atoms with E-state index in [1.807, 2.05) is 0 Å². The van der Waals surface area contributed by atoms with E-state index in [0.717, 1.165) is 0 Å². The number of rotatable bonds is 0. The van der Waals surface area contributed by atoms with E-state index in [1.54, 1.807) is 0 Å². The summed E-state index contributed by atoms with van der Waals surface area (Å²) in [7, 11) is -1.50. The quantitative estimate of drug-likeness (QED) is 0.413. The summed E-state index contributed by atoms with van der Waals surface area (Å²) in [6.07, 6.45) is 0. The van der Waals surface area contributed by atoms with Crippen molar-refractivity contribution in [1.82, 2.24) is 0 Å². The van der Waals surface area contributed by atoms with Gasteiger partial charge in [0.05, 0.1) is 0 Å². The molecule has 0 aromatic heterocycles. The third kappa shape index (κ3) is 8230. The van der Waals surface area contributed by atoms with Crippen LogP contribution < -0.4 is 15.1 Å².